The first-order valence-electron chi connectivity index (χ1n) is 10.9. The Labute approximate surface area is 182 Å². The standard InChI is InChI=1S/C22H31N5O4/c1-5-8-12-30-17-11-10-16(14-18(17)29-7-3)20-19(21(28)31-13-9-6-2)15(4)23-22-24-25-26-27(20)22/h10-11,14,20H,5-9,12-13H2,1-4H3,(H,23,24,26). The normalized spacial score (nSPS) is 15.3. The fourth-order valence-corrected chi connectivity index (χ4v) is 3.38. The van der Waals surface area contributed by atoms with Crippen molar-refractivity contribution < 1.29 is 19.0 Å². The van der Waals surface area contributed by atoms with E-state index in [-0.39, 0.29) is 5.97 Å². The van der Waals surface area contributed by atoms with Crippen LogP contribution in [0.3, 0.4) is 0 Å². The van der Waals surface area contributed by atoms with E-state index in [1.807, 2.05) is 32.0 Å². The van der Waals surface area contributed by atoms with Gasteiger partial charge < -0.3 is 19.5 Å². The van der Waals surface area contributed by atoms with Crippen LogP contribution >= 0.6 is 0 Å². The van der Waals surface area contributed by atoms with Gasteiger partial charge in [-0.1, -0.05) is 37.9 Å². The van der Waals surface area contributed by atoms with Crippen molar-refractivity contribution in [3.05, 3.63) is 35.0 Å². The molecule has 31 heavy (non-hydrogen) atoms. The molecule has 1 aromatic heterocycles. The van der Waals surface area contributed by atoms with E-state index < -0.39 is 6.04 Å². The second kappa shape index (κ2) is 10.8. The van der Waals surface area contributed by atoms with Gasteiger partial charge in [0, 0.05) is 5.70 Å². The summed E-state index contributed by atoms with van der Waals surface area (Å²) >= 11 is 0. The average molecular weight is 430 g/mol. The number of rotatable bonds is 11. The maximum atomic E-state index is 13.0. The highest BCUT2D eigenvalue weighted by atomic mass is 16.5. The van der Waals surface area contributed by atoms with Crippen LogP contribution in [-0.2, 0) is 9.53 Å². The Morgan fingerprint density at radius 1 is 1.10 bits per heavy atom. The van der Waals surface area contributed by atoms with Gasteiger partial charge >= 0.3 is 5.97 Å². The number of tetrazole rings is 1. The Morgan fingerprint density at radius 3 is 2.61 bits per heavy atom. The average Bonchev–Trinajstić information content (AvgIpc) is 3.22. The van der Waals surface area contributed by atoms with Crippen molar-refractivity contribution in [2.75, 3.05) is 25.1 Å². The number of hydrogen-bond donors (Lipinski definition) is 1. The van der Waals surface area contributed by atoms with Gasteiger partial charge in [-0.15, -0.1) is 0 Å². The molecule has 0 spiro atoms. The number of nitrogens with zero attached hydrogens (tertiary/aromatic N) is 4. The Balaban J connectivity index is 1.98. The molecule has 0 aliphatic carbocycles. The van der Waals surface area contributed by atoms with Gasteiger partial charge in [-0.25, -0.2) is 4.79 Å². The third-order valence-electron chi connectivity index (χ3n) is 5.00. The Bertz CT molecular complexity index is 924. The first-order chi connectivity index (χ1) is 15.1. The molecule has 1 unspecified atom stereocenters. The number of esters is 1. The summed E-state index contributed by atoms with van der Waals surface area (Å²) in [5.41, 5.74) is 1.94. The molecule has 1 aromatic carbocycles. The molecule has 0 saturated carbocycles. The summed E-state index contributed by atoms with van der Waals surface area (Å²) in [5.74, 6) is 1.39. The Kier molecular flexibility index (Phi) is 7.86. The quantitative estimate of drug-likeness (QED) is 0.424. The summed E-state index contributed by atoms with van der Waals surface area (Å²) in [7, 11) is 0. The number of allylic oxidation sites excluding steroid dienone is 1. The molecule has 9 heteroatoms. The number of aromatic nitrogens is 4. The van der Waals surface area contributed by atoms with Crippen molar-refractivity contribution in [3.8, 4) is 11.5 Å². The summed E-state index contributed by atoms with van der Waals surface area (Å²) in [6, 6.07) is 5.14. The SMILES string of the molecule is CCCCOC(=O)C1=C(C)Nc2nnnn2C1c1ccc(OCCCC)c(OCC)c1. The third-order valence-corrected chi connectivity index (χ3v) is 5.00. The van der Waals surface area contributed by atoms with Crippen LogP contribution in [0.15, 0.2) is 29.5 Å². The van der Waals surface area contributed by atoms with Gasteiger partial charge in [0.25, 0.3) is 0 Å². The molecule has 0 bridgehead atoms. The van der Waals surface area contributed by atoms with Crippen LogP contribution in [0.1, 0.15) is 65.0 Å². The van der Waals surface area contributed by atoms with Crippen LogP contribution in [-0.4, -0.2) is 46.0 Å². The molecule has 2 aromatic rings. The molecule has 1 aliphatic rings. The van der Waals surface area contributed by atoms with E-state index in [4.69, 9.17) is 14.2 Å². The number of hydrogen-bond acceptors (Lipinski definition) is 8. The van der Waals surface area contributed by atoms with Crippen molar-refractivity contribution in [2.24, 2.45) is 0 Å². The first kappa shape index (κ1) is 22.6. The number of nitrogens with one attached hydrogen (secondary N) is 1. The van der Waals surface area contributed by atoms with E-state index >= 15 is 0 Å². The van der Waals surface area contributed by atoms with Crippen LogP contribution in [0.4, 0.5) is 5.95 Å². The molecule has 1 N–H and O–H groups in total. The lowest BCUT2D eigenvalue weighted by molar-refractivity contribution is -0.139. The van der Waals surface area contributed by atoms with Crippen molar-refractivity contribution in [1.82, 2.24) is 20.2 Å². The zero-order valence-corrected chi connectivity index (χ0v) is 18.7. The second-order valence-corrected chi connectivity index (χ2v) is 7.34. The lowest BCUT2D eigenvalue weighted by atomic mass is 9.95. The van der Waals surface area contributed by atoms with Gasteiger partial charge in [0.15, 0.2) is 11.5 Å². The predicted octanol–water partition coefficient (Wildman–Crippen LogP) is 3.88. The monoisotopic (exact) mass is 429 g/mol. The summed E-state index contributed by atoms with van der Waals surface area (Å²) in [4.78, 5) is 13.0. The molecule has 0 saturated heterocycles. The van der Waals surface area contributed by atoms with Crippen LogP contribution in [0.2, 0.25) is 0 Å². The van der Waals surface area contributed by atoms with Crippen molar-refractivity contribution in [2.45, 2.75) is 59.4 Å². The number of anilines is 1. The number of fused-ring (bicyclic) bond motifs is 1. The van der Waals surface area contributed by atoms with Gasteiger partial charge in [0.05, 0.1) is 25.4 Å². The van der Waals surface area contributed by atoms with Gasteiger partial charge in [-0.3, -0.25) is 0 Å². The van der Waals surface area contributed by atoms with Gasteiger partial charge in [0.1, 0.15) is 6.04 Å². The van der Waals surface area contributed by atoms with Crippen LogP contribution < -0.4 is 14.8 Å². The number of carbonyl (C=O) groups is 1. The third kappa shape index (κ3) is 5.15. The highest BCUT2D eigenvalue weighted by Gasteiger charge is 2.35. The van der Waals surface area contributed by atoms with Crippen molar-refractivity contribution in [1.29, 1.82) is 0 Å². The number of unbranched alkanes of at least 4 members (excludes halogenated alkanes) is 2. The van der Waals surface area contributed by atoms with Gasteiger partial charge in [0.2, 0.25) is 5.95 Å². The topological polar surface area (TPSA) is 100 Å². The van der Waals surface area contributed by atoms with Gasteiger partial charge in [-0.2, -0.15) is 4.68 Å². The van der Waals surface area contributed by atoms with E-state index in [1.54, 1.807) is 4.68 Å². The Hall–Kier alpha value is -3.10. The van der Waals surface area contributed by atoms with Crippen LogP contribution in [0, 0.1) is 0 Å². The minimum absolute atomic E-state index is 0.371. The van der Waals surface area contributed by atoms with E-state index in [0.717, 1.165) is 31.2 Å². The molecule has 9 nitrogen and oxygen atoms in total. The molecule has 1 aliphatic heterocycles. The minimum Gasteiger partial charge on any atom is -0.490 e. The maximum absolute atomic E-state index is 13.0. The molecular formula is C22H31N5O4. The molecular weight excluding hydrogens is 398 g/mol. The van der Waals surface area contributed by atoms with E-state index in [2.05, 4.69) is 34.7 Å². The zero-order chi connectivity index (χ0) is 22.2. The number of benzene rings is 1. The Morgan fingerprint density at radius 2 is 1.87 bits per heavy atom. The number of ether oxygens (including phenoxy) is 3. The van der Waals surface area contributed by atoms with Crippen LogP contribution in [0.25, 0.3) is 0 Å². The highest BCUT2D eigenvalue weighted by molar-refractivity contribution is 5.92. The van der Waals surface area contributed by atoms with Crippen molar-refractivity contribution >= 4 is 11.9 Å². The molecule has 2 heterocycles. The minimum atomic E-state index is -0.538. The summed E-state index contributed by atoms with van der Waals surface area (Å²) in [6.45, 7) is 9.41. The van der Waals surface area contributed by atoms with E-state index in [1.165, 1.54) is 0 Å². The smallest absolute Gasteiger partial charge is 0.338 e. The predicted molar refractivity (Wildman–Crippen MR) is 116 cm³/mol. The lowest BCUT2D eigenvalue weighted by Gasteiger charge is -2.28. The molecule has 0 amide bonds. The zero-order valence-electron chi connectivity index (χ0n) is 18.7. The number of carbonyl (C=O) groups excluding carboxylic acids is 1. The second-order valence-electron chi connectivity index (χ2n) is 7.34. The van der Waals surface area contributed by atoms with Crippen molar-refractivity contribution in [3.63, 3.8) is 0 Å². The molecule has 0 fully saturated rings. The summed E-state index contributed by atoms with van der Waals surface area (Å²) in [5, 5.41) is 15.0. The van der Waals surface area contributed by atoms with E-state index in [0.29, 0.717) is 48.5 Å². The largest absolute Gasteiger partial charge is 0.490 e. The first-order valence-corrected chi connectivity index (χ1v) is 10.9. The maximum Gasteiger partial charge on any atom is 0.338 e. The molecule has 168 valence electrons. The fraction of sp³-hybridized carbons (Fsp3) is 0.545. The fourth-order valence-electron chi connectivity index (χ4n) is 3.38. The highest BCUT2D eigenvalue weighted by Crippen LogP contribution is 2.38. The lowest BCUT2D eigenvalue weighted by Crippen LogP contribution is -2.30. The molecule has 1 atom stereocenters. The summed E-state index contributed by atoms with van der Waals surface area (Å²) < 4.78 is 18.9. The van der Waals surface area contributed by atoms with E-state index in [9.17, 15) is 4.79 Å². The van der Waals surface area contributed by atoms with Crippen LogP contribution in [0.5, 0.6) is 11.5 Å². The van der Waals surface area contributed by atoms with Gasteiger partial charge in [-0.05, 0) is 54.8 Å². The molecule has 3 rings (SSSR count). The summed E-state index contributed by atoms with van der Waals surface area (Å²) in [6.07, 6.45) is 3.77. The molecule has 0 radical (unpaired) electrons.